The average molecular weight is 376 g/mol. The minimum atomic E-state index is -0.306. The fourth-order valence-corrected chi connectivity index (χ4v) is 3.67. The van der Waals surface area contributed by atoms with Crippen molar-refractivity contribution < 1.29 is 14.0 Å². The summed E-state index contributed by atoms with van der Waals surface area (Å²) in [4.78, 5) is 30.2. The van der Waals surface area contributed by atoms with E-state index in [-0.39, 0.29) is 30.8 Å². The Morgan fingerprint density at radius 2 is 1.78 bits per heavy atom. The first-order chi connectivity index (χ1) is 13.1. The molecule has 2 saturated heterocycles. The van der Waals surface area contributed by atoms with E-state index in [0.717, 1.165) is 19.6 Å². The number of hydrogen-bond acceptors (Lipinski definition) is 3. The van der Waals surface area contributed by atoms with E-state index in [2.05, 4.69) is 10.2 Å². The number of amides is 3. The standard InChI is InChI=1S/C20H29FN4O2/c21-18-8-4-3-7-17(18)15-24-13-14-25(16-19(24)26)20(27)22-9-12-23-10-5-1-2-6-11-23/h3-4,7-8H,1-2,5-6,9-16H2,(H,22,27). The second-order valence-electron chi connectivity index (χ2n) is 7.32. The van der Waals surface area contributed by atoms with Crippen LogP contribution in [0.4, 0.5) is 9.18 Å². The molecule has 148 valence electrons. The quantitative estimate of drug-likeness (QED) is 0.856. The lowest BCUT2D eigenvalue weighted by Crippen LogP contribution is -2.54. The fourth-order valence-electron chi connectivity index (χ4n) is 3.67. The van der Waals surface area contributed by atoms with Gasteiger partial charge < -0.3 is 20.0 Å². The van der Waals surface area contributed by atoms with Crippen molar-refractivity contribution in [3.05, 3.63) is 35.6 Å². The zero-order valence-corrected chi connectivity index (χ0v) is 15.8. The normalized spacial score (nSPS) is 19.1. The van der Waals surface area contributed by atoms with Gasteiger partial charge in [0.05, 0.1) is 0 Å². The molecule has 0 bridgehead atoms. The van der Waals surface area contributed by atoms with Gasteiger partial charge in [-0.25, -0.2) is 9.18 Å². The molecule has 6 nitrogen and oxygen atoms in total. The van der Waals surface area contributed by atoms with Crippen molar-refractivity contribution in [2.24, 2.45) is 0 Å². The highest BCUT2D eigenvalue weighted by Crippen LogP contribution is 2.13. The zero-order valence-electron chi connectivity index (χ0n) is 15.8. The number of urea groups is 1. The second-order valence-corrected chi connectivity index (χ2v) is 7.32. The highest BCUT2D eigenvalue weighted by molar-refractivity contribution is 5.85. The number of halogens is 1. The van der Waals surface area contributed by atoms with Gasteiger partial charge in [-0.15, -0.1) is 0 Å². The molecule has 0 aliphatic carbocycles. The summed E-state index contributed by atoms with van der Waals surface area (Å²) in [7, 11) is 0. The molecule has 0 saturated carbocycles. The maximum atomic E-state index is 13.8. The third-order valence-electron chi connectivity index (χ3n) is 5.33. The van der Waals surface area contributed by atoms with Crippen LogP contribution in [0.25, 0.3) is 0 Å². The molecule has 27 heavy (non-hydrogen) atoms. The molecule has 1 aromatic carbocycles. The highest BCUT2D eigenvalue weighted by atomic mass is 19.1. The largest absolute Gasteiger partial charge is 0.337 e. The smallest absolute Gasteiger partial charge is 0.317 e. The van der Waals surface area contributed by atoms with Crippen LogP contribution in [0.3, 0.4) is 0 Å². The molecule has 3 amide bonds. The maximum Gasteiger partial charge on any atom is 0.317 e. The van der Waals surface area contributed by atoms with Crippen LogP contribution in [0.15, 0.2) is 24.3 Å². The predicted molar refractivity (Wildman–Crippen MR) is 102 cm³/mol. The molecule has 0 radical (unpaired) electrons. The number of nitrogens with one attached hydrogen (secondary N) is 1. The van der Waals surface area contributed by atoms with Gasteiger partial charge in [0.2, 0.25) is 5.91 Å². The lowest BCUT2D eigenvalue weighted by molar-refractivity contribution is -0.135. The van der Waals surface area contributed by atoms with Gasteiger partial charge in [-0.3, -0.25) is 4.79 Å². The number of likely N-dealkylation sites (tertiary alicyclic amines) is 1. The molecule has 3 rings (SSSR count). The van der Waals surface area contributed by atoms with Crippen molar-refractivity contribution in [3.63, 3.8) is 0 Å². The van der Waals surface area contributed by atoms with Crippen molar-refractivity contribution >= 4 is 11.9 Å². The second kappa shape index (κ2) is 9.69. The number of carbonyl (C=O) groups excluding carboxylic acids is 2. The van der Waals surface area contributed by atoms with Crippen molar-refractivity contribution in [2.45, 2.75) is 32.2 Å². The van der Waals surface area contributed by atoms with Crippen LogP contribution >= 0.6 is 0 Å². The van der Waals surface area contributed by atoms with Crippen LogP contribution in [0.1, 0.15) is 31.2 Å². The summed E-state index contributed by atoms with van der Waals surface area (Å²) < 4.78 is 13.8. The third kappa shape index (κ3) is 5.66. The summed E-state index contributed by atoms with van der Waals surface area (Å²) in [6, 6.07) is 6.28. The van der Waals surface area contributed by atoms with E-state index in [9.17, 15) is 14.0 Å². The first-order valence-electron chi connectivity index (χ1n) is 9.90. The Kier molecular flexibility index (Phi) is 7.04. The predicted octanol–water partition coefficient (Wildman–Crippen LogP) is 2.06. The average Bonchev–Trinajstić information content (AvgIpc) is 2.94. The number of benzene rings is 1. The van der Waals surface area contributed by atoms with E-state index in [1.54, 1.807) is 28.0 Å². The van der Waals surface area contributed by atoms with Crippen molar-refractivity contribution in [2.75, 3.05) is 45.8 Å². The molecule has 0 atom stereocenters. The number of nitrogens with zero attached hydrogens (tertiary/aromatic N) is 3. The van der Waals surface area contributed by atoms with Crippen LogP contribution in [-0.4, -0.2) is 72.5 Å². The Morgan fingerprint density at radius 3 is 2.48 bits per heavy atom. The SMILES string of the molecule is O=C1CN(C(=O)NCCN2CCCCCC2)CCN1Cc1ccccc1F. The topological polar surface area (TPSA) is 55.9 Å². The van der Waals surface area contributed by atoms with E-state index >= 15 is 0 Å². The first kappa shape index (κ1) is 19.6. The number of hydrogen-bond donors (Lipinski definition) is 1. The van der Waals surface area contributed by atoms with Gasteiger partial charge in [-0.1, -0.05) is 31.0 Å². The Balaban J connectivity index is 1.41. The lowest BCUT2D eigenvalue weighted by Gasteiger charge is -2.34. The molecule has 2 aliphatic rings. The Hall–Kier alpha value is -2.15. The summed E-state index contributed by atoms with van der Waals surface area (Å²) in [5, 5.41) is 2.93. The number of rotatable bonds is 5. The molecular formula is C20H29FN4O2. The first-order valence-corrected chi connectivity index (χ1v) is 9.90. The summed E-state index contributed by atoms with van der Waals surface area (Å²) in [5.74, 6) is -0.453. The van der Waals surface area contributed by atoms with Gasteiger partial charge in [-0.05, 0) is 32.0 Å². The summed E-state index contributed by atoms with van der Waals surface area (Å²) in [6.07, 6.45) is 5.04. The van der Waals surface area contributed by atoms with Gasteiger partial charge >= 0.3 is 6.03 Å². The van der Waals surface area contributed by atoms with E-state index in [1.807, 2.05) is 0 Å². The molecule has 1 aromatic rings. The molecule has 0 unspecified atom stereocenters. The van der Waals surface area contributed by atoms with Gasteiger partial charge in [0, 0.05) is 38.3 Å². The molecule has 0 spiro atoms. The Bertz CT molecular complexity index is 647. The van der Waals surface area contributed by atoms with Gasteiger partial charge in [0.15, 0.2) is 0 Å². The highest BCUT2D eigenvalue weighted by Gasteiger charge is 2.27. The molecule has 7 heteroatoms. The van der Waals surface area contributed by atoms with Crippen molar-refractivity contribution in [3.8, 4) is 0 Å². The number of carbonyl (C=O) groups is 2. The van der Waals surface area contributed by atoms with E-state index in [1.165, 1.54) is 31.7 Å². The molecule has 2 aliphatic heterocycles. The van der Waals surface area contributed by atoms with Gasteiger partial charge in [0.1, 0.15) is 12.4 Å². The van der Waals surface area contributed by atoms with E-state index in [4.69, 9.17) is 0 Å². The maximum absolute atomic E-state index is 13.8. The minimum absolute atomic E-state index is 0.0456. The van der Waals surface area contributed by atoms with E-state index < -0.39 is 0 Å². The summed E-state index contributed by atoms with van der Waals surface area (Å²) in [6.45, 7) is 4.84. The molecule has 2 fully saturated rings. The Labute approximate surface area is 160 Å². The minimum Gasteiger partial charge on any atom is -0.337 e. The molecule has 2 heterocycles. The fraction of sp³-hybridized carbons (Fsp3) is 0.600. The molecule has 1 N–H and O–H groups in total. The monoisotopic (exact) mass is 376 g/mol. The molecule has 0 aromatic heterocycles. The third-order valence-corrected chi connectivity index (χ3v) is 5.33. The van der Waals surface area contributed by atoms with Gasteiger partial charge in [0.25, 0.3) is 0 Å². The van der Waals surface area contributed by atoms with Crippen LogP contribution < -0.4 is 5.32 Å². The summed E-state index contributed by atoms with van der Waals surface area (Å²) in [5.41, 5.74) is 0.501. The summed E-state index contributed by atoms with van der Waals surface area (Å²) >= 11 is 0. The van der Waals surface area contributed by atoms with Crippen LogP contribution in [0.2, 0.25) is 0 Å². The molecular weight excluding hydrogens is 347 g/mol. The van der Waals surface area contributed by atoms with Crippen LogP contribution in [0.5, 0.6) is 0 Å². The Morgan fingerprint density at radius 1 is 1.04 bits per heavy atom. The van der Waals surface area contributed by atoms with Crippen LogP contribution in [-0.2, 0) is 11.3 Å². The zero-order chi connectivity index (χ0) is 19.1. The van der Waals surface area contributed by atoms with Crippen molar-refractivity contribution in [1.29, 1.82) is 0 Å². The van der Waals surface area contributed by atoms with Gasteiger partial charge in [-0.2, -0.15) is 0 Å². The van der Waals surface area contributed by atoms with Crippen molar-refractivity contribution in [1.82, 2.24) is 20.0 Å². The lowest BCUT2D eigenvalue weighted by atomic mass is 10.2. The number of piperazine rings is 1. The van der Waals surface area contributed by atoms with E-state index in [0.29, 0.717) is 25.2 Å². The van der Waals surface area contributed by atoms with Crippen LogP contribution in [0, 0.1) is 5.82 Å².